The predicted octanol–water partition coefficient (Wildman–Crippen LogP) is -0.114. The van der Waals surface area contributed by atoms with Gasteiger partial charge >= 0.3 is 35.5 Å². The molecular weight excluding hydrogens is 279 g/mol. The van der Waals surface area contributed by atoms with E-state index in [2.05, 4.69) is 0 Å². The number of para-hydroxylation sites is 2. The summed E-state index contributed by atoms with van der Waals surface area (Å²) in [5, 5.41) is 9.88. The zero-order valence-corrected chi connectivity index (χ0v) is 13.8. The van der Waals surface area contributed by atoms with Crippen molar-refractivity contribution in [3.05, 3.63) is 57.7 Å². The molecule has 1 heterocycles. The number of carboxylic acid groups (broad SMARTS) is 1. The van der Waals surface area contributed by atoms with Crippen LogP contribution in [0.3, 0.4) is 0 Å². The summed E-state index contributed by atoms with van der Waals surface area (Å²) in [6, 6.07) is 10.4. The molecule has 0 radical (unpaired) electrons. The molecule has 0 spiro atoms. The molecule has 21 heavy (non-hydrogen) atoms. The maximum Gasteiger partial charge on any atom is 1.00 e. The molecule has 0 aliphatic heterocycles. The van der Waals surface area contributed by atoms with E-state index in [-0.39, 0.29) is 41.4 Å². The quantitative estimate of drug-likeness (QED) is 0.528. The first-order valence-electron chi connectivity index (χ1n) is 6.24. The maximum absolute atomic E-state index is 12.5. The van der Waals surface area contributed by atoms with Crippen LogP contribution in [0.1, 0.15) is 11.1 Å². The number of aliphatic carboxylic acids is 1. The van der Waals surface area contributed by atoms with Gasteiger partial charge in [0.2, 0.25) is 5.43 Å². The van der Waals surface area contributed by atoms with Crippen LogP contribution in [0.15, 0.2) is 45.6 Å². The average Bonchev–Trinajstić information content (AvgIpc) is 2.41. The molecule has 0 aliphatic carbocycles. The van der Waals surface area contributed by atoms with E-state index in [1.54, 1.807) is 24.3 Å². The van der Waals surface area contributed by atoms with Crippen molar-refractivity contribution in [3.63, 3.8) is 0 Å². The number of hydrogen-bond acceptors (Lipinski definition) is 3. The van der Waals surface area contributed by atoms with E-state index in [0.29, 0.717) is 27.5 Å². The van der Waals surface area contributed by atoms with Crippen LogP contribution in [0.4, 0.5) is 0 Å². The monoisotopic (exact) mass is 291 g/mol. The van der Waals surface area contributed by atoms with Gasteiger partial charge < -0.3 is 9.52 Å². The zero-order chi connectivity index (χ0) is 14.3. The first kappa shape index (κ1) is 15.8. The minimum Gasteiger partial charge on any atom is -0.481 e. The second kappa shape index (κ2) is 6.02. The number of aryl methyl sites for hydroxylation is 1. The topological polar surface area (TPSA) is 67.5 Å². The molecule has 0 atom stereocenters. The van der Waals surface area contributed by atoms with Crippen LogP contribution in [0.25, 0.3) is 21.9 Å². The minimum absolute atomic E-state index is 0. The van der Waals surface area contributed by atoms with Gasteiger partial charge in [-0.15, -0.1) is 0 Å². The molecule has 0 fully saturated rings. The minimum atomic E-state index is -0.954. The van der Waals surface area contributed by atoms with E-state index in [0.717, 1.165) is 5.56 Å². The molecule has 0 aliphatic rings. The van der Waals surface area contributed by atoms with Crippen molar-refractivity contribution in [3.8, 4) is 0 Å². The van der Waals surface area contributed by atoms with E-state index in [4.69, 9.17) is 9.52 Å². The normalized spacial score (nSPS) is 10.5. The van der Waals surface area contributed by atoms with E-state index in [1.807, 2.05) is 19.1 Å². The van der Waals surface area contributed by atoms with Gasteiger partial charge in [0.15, 0.2) is 0 Å². The van der Waals surface area contributed by atoms with Gasteiger partial charge in [-0.3, -0.25) is 9.59 Å². The van der Waals surface area contributed by atoms with Crippen LogP contribution in [-0.4, -0.2) is 11.1 Å². The largest absolute Gasteiger partial charge is 1.00 e. The first-order valence-corrected chi connectivity index (χ1v) is 6.24. The Hall–Kier alpha value is -1.62. The van der Waals surface area contributed by atoms with Crippen molar-refractivity contribution in [1.82, 2.24) is 0 Å². The van der Waals surface area contributed by atoms with Crippen molar-refractivity contribution in [2.24, 2.45) is 0 Å². The number of rotatable bonds is 2. The van der Waals surface area contributed by atoms with Gasteiger partial charge in [0.05, 0.1) is 17.2 Å². The van der Waals surface area contributed by atoms with E-state index in [1.165, 1.54) is 0 Å². The van der Waals surface area contributed by atoms with E-state index < -0.39 is 5.97 Å². The molecule has 1 N–H and O–H groups in total. The van der Waals surface area contributed by atoms with Crippen LogP contribution in [-0.2, 0) is 11.2 Å². The third-order valence-corrected chi connectivity index (χ3v) is 3.34. The molecule has 0 saturated carbocycles. The Bertz CT molecular complexity index is 896. The molecule has 3 aromatic rings. The number of carboxylic acids is 1. The van der Waals surface area contributed by atoms with Gasteiger partial charge in [0.25, 0.3) is 0 Å². The van der Waals surface area contributed by atoms with Crippen molar-refractivity contribution in [2.45, 2.75) is 13.3 Å². The first-order chi connectivity index (χ1) is 9.58. The van der Waals surface area contributed by atoms with Gasteiger partial charge in [0, 0.05) is 5.56 Å². The molecule has 100 valence electrons. The second-order valence-corrected chi connectivity index (χ2v) is 4.75. The fraction of sp³-hybridized carbons (Fsp3) is 0.125. The molecule has 0 unspecified atom stereocenters. The van der Waals surface area contributed by atoms with Crippen LogP contribution < -0.4 is 35.0 Å². The number of fused-ring (bicyclic) bond motifs is 2. The fourth-order valence-electron chi connectivity index (χ4n) is 2.40. The van der Waals surface area contributed by atoms with Gasteiger partial charge in [-0.1, -0.05) is 24.3 Å². The smallest absolute Gasteiger partial charge is 0.481 e. The standard InChI is InChI=1S/C16H12O4.Na/c1-9-4-2-6-11-14(19)12-7-3-5-10(8-13(17)18)16(12)20-15(9)11;/h2-7H,8H2,1H3,(H,17,18);/q;+1. The molecule has 0 amide bonds. The SMILES string of the molecule is Cc1cccc2c(=O)c3cccc(CC(=O)O)c3oc12.[Na+]. The predicted molar refractivity (Wildman–Crippen MR) is 76.1 cm³/mol. The van der Waals surface area contributed by atoms with Crippen LogP contribution in [0.5, 0.6) is 0 Å². The summed E-state index contributed by atoms with van der Waals surface area (Å²) in [5.74, 6) is -0.954. The van der Waals surface area contributed by atoms with Crippen molar-refractivity contribution >= 4 is 27.9 Å². The second-order valence-electron chi connectivity index (χ2n) is 4.75. The summed E-state index contributed by atoms with van der Waals surface area (Å²) in [6.45, 7) is 1.86. The Morgan fingerprint density at radius 3 is 2.38 bits per heavy atom. The Kier molecular flexibility index (Phi) is 4.52. The number of benzene rings is 2. The molecule has 3 rings (SSSR count). The summed E-state index contributed by atoms with van der Waals surface area (Å²) >= 11 is 0. The molecule has 0 saturated heterocycles. The Balaban J connectivity index is 0.00000161. The van der Waals surface area contributed by atoms with Crippen LogP contribution in [0.2, 0.25) is 0 Å². The Morgan fingerprint density at radius 2 is 1.71 bits per heavy atom. The van der Waals surface area contributed by atoms with Crippen molar-refractivity contribution < 1.29 is 43.9 Å². The van der Waals surface area contributed by atoms with Gasteiger partial charge in [-0.05, 0) is 24.6 Å². The molecule has 0 bridgehead atoms. The van der Waals surface area contributed by atoms with Gasteiger partial charge in [-0.25, -0.2) is 0 Å². The van der Waals surface area contributed by atoms with Crippen molar-refractivity contribution in [2.75, 3.05) is 0 Å². The van der Waals surface area contributed by atoms with Gasteiger partial charge in [-0.2, -0.15) is 0 Å². The van der Waals surface area contributed by atoms with Gasteiger partial charge in [0.1, 0.15) is 11.2 Å². The molecule has 5 heteroatoms. The Morgan fingerprint density at radius 1 is 1.10 bits per heavy atom. The third-order valence-electron chi connectivity index (χ3n) is 3.34. The molecule has 2 aromatic carbocycles. The third kappa shape index (κ3) is 2.75. The van der Waals surface area contributed by atoms with Crippen molar-refractivity contribution in [1.29, 1.82) is 0 Å². The van der Waals surface area contributed by atoms with Crippen LogP contribution >= 0.6 is 0 Å². The average molecular weight is 291 g/mol. The molecule has 4 nitrogen and oxygen atoms in total. The summed E-state index contributed by atoms with van der Waals surface area (Å²) in [7, 11) is 0. The number of hydrogen-bond donors (Lipinski definition) is 1. The van der Waals surface area contributed by atoms with Crippen LogP contribution in [0, 0.1) is 6.92 Å². The summed E-state index contributed by atoms with van der Waals surface area (Å²) < 4.78 is 5.83. The molecular formula is C16H12NaO4+. The molecule has 1 aromatic heterocycles. The number of carbonyl (C=O) groups is 1. The van der Waals surface area contributed by atoms with E-state index in [9.17, 15) is 9.59 Å². The fourth-order valence-corrected chi connectivity index (χ4v) is 2.40. The zero-order valence-electron chi connectivity index (χ0n) is 11.8. The summed E-state index contributed by atoms with van der Waals surface area (Å²) in [4.78, 5) is 23.4. The maximum atomic E-state index is 12.5. The summed E-state index contributed by atoms with van der Waals surface area (Å²) in [5.41, 5.74) is 2.12. The summed E-state index contributed by atoms with van der Waals surface area (Å²) in [6.07, 6.45) is -0.169. The van der Waals surface area contributed by atoms with E-state index >= 15 is 0 Å². The Labute approximate surface area is 142 Å².